The molecule has 0 saturated heterocycles. The summed E-state index contributed by atoms with van der Waals surface area (Å²) in [5.41, 5.74) is 2.67. The van der Waals surface area contributed by atoms with Gasteiger partial charge in [0.1, 0.15) is 0 Å². The third-order valence-corrected chi connectivity index (χ3v) is 3.23. The van der Waals surface area contributed by atoms with Crippen LogP contribution in [-0.2, 0) is 6.54 Å². The first-order valence-corrected chi connectivity index (χ1v) is 6.65. The lowest BCUT2D eigenvalue weighted by Crippen LogP contribution is -2.28. The molecular weight excluding hydrogens is 210 g/mol. The molecule has 2 rings (SSSR count). The Kier molecular flexibility index (Phi) is 4.00. The zero-order chi connectivity index (χ0) is 12.3. The molecule has 0 spiro atoms. The van der Waals surface area contributed by atoms with Gasteiger partial charge in [0.25, 0.3) is 0 Å². The standard InChI is InChI=1S/C14H23N3/c1-4-17(13-5-6-13)14-10-15-8-7-12(14)9-16-11(2)3/h7-8,10-11,13,16H,4-6,9H2,1-3H3. The van der Waals surface area contributed by atoms with Crippen LogP contribution in [0.5, 0.6) is 0 Å². The van der Waals surface area contributed by atoms with E-state index in [2.05, 4.69) is 42.0 Å². The molecule has 3 nitrogen and oxygen atoms in total. The van der Waals surface area contributed by atoms with Crippen LogP contribution in [0.4, 0.5) is 5.69 Å². The van der Waals surface area contributed by atoms with E-state index in [1.54, 1.807) is 0 Å². The second-order valence-electron chi connectivity index (χ2n) is 5.06. The maximum Gasteiger partial charge on any atom is 0.0600 e. The van der Waals surface area contributed by atoms with Crippen molar-refractivity contribution in [2.75, 3.05) is 11.4 Å². The molecule has 0 amide bonds. The van der Waals surface area contributed by atoms with Crippen molar-refractivity contribution in [3.63, 3.8) is 0 Å². The fourth-order valence-electron chi connectivity index (χ4n) is 2.15. The topological polar surface area (TPSA) is 28.2 Å². The maximum atomic E-state index is 4.28. The predicted octanol–water partition coefficient (Wildman–Crippen LogP) is 2.57. The van der Waals surface area contributed by atoms with E-state index in [0.29, 0.717) is 6.04 Å². The Bertz CT molecular complexity index is 358. The second kappa shape index (κ2) is 5.50. The first kappa shape index (κ1) is 12.4. The van der Waals surface area contributed by atoms with Gasteiger partial charge < -0.3 is 10.2 Å². The smallest absolute Gasteiger partial charge is 0.0600 e. The van der Waals surface area contributed by atoms with Gasteiger partial charge in [-0.15, -0.1) is 0 Å². The van der Waals surface area contributed by atoms with Gasteiger partial charge in [-0.3, -0.25) is 4.98 Å². The molecule has 1 aliphatic carbocycles. The van der Waals surface area contributed by atoms with Gasteiger partial charge in [-0.25, -0.2) is 0 Å². The van der Waals surface area contributed by atoms with Crippen LogP contribution in [0.2, 0.25) is 0 Å². The quantitative estimate of drug-likeness (QED) is 0.818. The molecule has 0 unspecified atom stereocenters. The Morgan fingerprint density at radius 3 is 2.82 bits per heavy atom. The van der Waals surface area contributed by atoms with E-state index in [9.17, 15) is 0 Å². The molecule has 17 heavy (non-hydrogen) atoms. The Hall–Kier alpha value is -1.09. The minimum absolute atomic E-state index is 0.520. The van der Waals surface area contributed by atoms with E-state index in [0.717, 1.165) is 19.1 Å². The van der Waals surface area contributed by atoms with Gasteiger partial charge in [0.2, 0.25) is 0 Å². The number of nitrogens with zero attached hydrogens (tertiary/aromatic N) is 2. The van der Waals surface area contributed by atoms with Gasteiger partial charge in [-0.05, 0) is 31.4 Å². The number of hydrogen-bond acceptors (Lipinski definition) is 3. The van der Waals surface area contributed by atoms with E-state index in [-0.39, 0.29) is 0 Å². The van der Waals surface area contributed by atoms with Gasteiger partial charge in [-0.1, -0.05) is 13.8 Å². The van der Waals surface area contributed by atoms with Crippen molar-refractivity contribution in [1.29, 1.82) is 0 Å². The molecule has 1 aliphatic rings. The average molecular weight is 233 g/mol. The molecule has 1 aromatic heterocycles. The van der Waals surface area contributed by atoms with Crippen LogP contribution in [0.15, 0.2) is 18.5 Å². The van der Waals surface area contributed by atoms with Gasteiger partial charge in [0.05, 0.1) is 11.9 Å². The van der Waals surface area contributed by atoms with Crippen LogP contribution in [-0.4, -0.2) is 23.6 Å². The van der Waals surface area contributed by atoms with E-state index in [4.69, 9.17) is 0 Å². The van der Waals surface area contributed by atoms with Crippen LogP contribution >= 0.6 is 0 Å². The van der Waals surface area contributed by atoms with Crippen LogP contribution in [0.3, 0.4) is 0 Å². The Morgan fingerprint density at radius 2 is 2.24 bits per heavy atom. The lowest BCUT2D eigenvalue weighted by Gasteiger charge is -2.25. The summed E-state index contributed by atoms with van der Waals surface area (Å²) in [6.45, 7) is 8.59. The molecule has 1 N–H and O–H groups in total. The minimum atomic E-state index is 0.520. The molecule has 94 valence electrons. The van der Waals surface area contributed by atoms with E-state index in [1.807, 2.05) is 12.4 Å². The fraction of sp³-hybridized carbons (Fsp3) is 0.643. The summed E-state index contributed by atoms with van der Waals surface area (Å²) in [5, 5.41) is 3.49. The zero-order valence-corrected chi connectivity index (χ0v) is 11.1. The second-order valence-corrected chi connectivity index (χ2v) is 5.06. The molecule has 1 aromatic rings. The molecule has 0 bridgehead atoms. The van der Waals surface area contributed by atoms with Crippen molar-refractivity contribution in [3.05, 3.63) is 24.0 Å². The van der Waals surface area contributed by atoms with Gasteiger partial charge in [-0.2, -0.15) is 0 Å². The summed E-state index contributed by atoms with van der Waals surface area (Å²) in [6, 6.07) is 3.41. The lowest BCUT2D eigenvalue weighted by molar-refractivity contribution is 0.587. The number of pyridine rings is 1. The molecule has 1 heterocycles. The summed E-state index contributed by atoms with van der Waals surface area (Å²) in [5.74, 6) is 0. The average Bonchev–Trinajstić information content (AvgIpc) is 3.13. The Labute approximate surface area is 104 Å². The van der Waals surface area contributed by atoms with Crippen LogP contribution in [0.1, 0.15) is 39.2 Å². The molecule has 1 fully saturated rings. The summed E-state index contributed by atoms with van der Waals surface area (Å²) in [4.78, 5) is 6.77. The first-order chi connectivity index (χ1) is 8.22. The lowest BCUT2D eigenvalue weighted by atomic mass is 10.2. The van der Waals surface area contributed by atoms with Crippen LogP contribution in [0.25, 0.3) is 0 Å². The maximum absolute atomic E-state index is 4.28. The van der Waals surface area contributed by atoms with E-state index < -0.39 is 0 Å². The summed E-state index contributed by atoms with van der Waals surface area (Å²) >= 11 is 0. The van der Waals surface area contributed by atoms with Gasteiger partial charge >= 0.3 is 0 Å². The van der Waals surface area contributed by atoms with Gasteiger partial charge in [0.15, 0.2) is 0 Å². The Morgan fingerprint density at radius 1 is 1.47 bits per heavy atom. The van der Waals surface area contributed by atoms with Crippen LogP contribution in [0, 0.1) is 0 Å². The largest absolute Gasteiger partial charge is 0.367 e. The number of aromatic nitrogens is 1. The van der Waals surface area contributed by atoms with Crippen molar-refractivity contribution in [2.45, 2.75) is 52.2 Å². The third kappa shape index (κ3) is 3.19. The van der Waals surface area contributed by atoms with E-state index in [1.165, 1.54) is 24.1 Å². The first-order valence-electron chi connectivity index (χ1n) is 6.65. The van der Waals surface area contributed by atoms with Crippen molar-refractivity contribution < 1.29 is 0 Å². The van der Waals surface area contributed by atoms with E-state index >= 15 is 0 Å². The number of nitrogens with one attached hydrogen (secondary N) is 1. The highest BCUT2D eigenvalue weighted by atomic mass is 15.2. The Balaban J connectivity index is 2.13. The highest BCUT2D eigenvalue weighted by Crippen LogP contribution is 2.32. The molecule has 3 heteroatoms. The predicted molar refractivity (Wildman–Crippen MR) is 72.3 cm³/mol. The molecule has 1 saturated carbocycles. The number of rotatable bonds is 6. The number of hydrogen-bond donors (Lipinski definition) is 1. The molecule has 0 radical (unpaired) electrons. The van der Waals surface area contributed by atoms with Crippen molar-refractivity contribution in [2.24, 2.45) is 0 Å². The normalized spacial score (nSPS) is 15.3. The van der Waals surface area contributed by atoms with Crippen molar-refractivity contribution in [1.82, 2.24) is 10.3 Å². The monoisotopic (exact) mass is 233 g/mol. The highest BCUT2D eigenvalue weighted by molar-refractivity contribution is 5.53. The third-order valence-electron chi connectivity index (χ3n) is 3.23. The highest BCUT2D eigenvalue weighted by Gasteiger charge is 2.29. The molecule has 0 atom stereocenters. The zero-order valence-electron chi connectivity index (χ0n) is 11.1. The fourth-order valence-corrected chi connectivity index (χ4v) is 2.15. The van der Waals surface area contributed by atoms with Crippen LogP contribution < -0.4 is 10.2 Å². The van der Waals surface area contributed by atoms with Gasteiger partial charge in [0, 0.05) is 31.4 Å². The summed E-state index contributed by atoms with van der Waals surface area (Å²) < 4.78 is 0. The molecule has 0 aromatic carbocycles. The number of anilines is 1. The minimum Gasteiger partial charge on any atom is -0.367 e. The SMILES string of the molecule is CCN(c1cnccc1CNC(C)C)C1CC1. The summed E-state index contributed by atoms with van der Waals surface area (Å²) in [7, 11) is 0. The molecular formula is C14H23N3. The molecule has 0 aliphatic heterocycles. The van der Waals surface area contributed by atoms with Crippen molar-refractivity contribution >= 4 is 5.69 Å². The summed E-state index contributed by atoms with van der Waals surface area (Å²) in [6.07, 6.45) is 6.57. The van der Waals surface area contributed by atoms with Crippen molar-refractivity contribution in [3.8, 4) is 0 Å².